The van der Waals surface area contributed by atoms with Crippen LogP contribution in [0.1, 0.15) is 11.1 Å². The molecule has 0 radical (unpaired) electrons. The number of fused-ring (bicyclic) bond motifs is 1. The molecule has 0 saturated heterocycles. The van der Waals surface area contributed by atoms with Crippen LogP contribution in [-0.4, -0.2) is 5.11 Å². The standard InChI is InChI=1S/C12H12O/c1-8-3-4-10-7-12(13)9(2)6-11(10)5-8/h3-7,13H,1-2H3. The highest BCUT2D eigenvalue weighted by Crippen LogP contribution is 2.24. The van der Waals surface area contributed by atoms with E-state index in [1.54, 1.807) is 0 Å². The van der Waals surface area contributed by atoms with Crippen molar-refractivity contribution in [3.63, 3.8) is 0 Å². The van der Waals surface area contributed by atoms with Crippen LogP contribution in [-0.2, 0) is 0 Å². The molecule has 1 heteroatoms. The Bertz CT molecular complexity index is 458. The van der Waals surface area contributed by atoms with Gasteiger partial charge in [-0.05, 0) is 42.3 Å². The molecule has 1 N–H and O–H groups in total. The highest BCUT2D eigenvalue weighted by molar-refractivity contribution is 5.85. The predicted molar refractivity (Wildman–Crippen MR) is 55.1 cm³/mol. The molecule has 0 bridgehead atoms. The first-order chi connectivity index (χ1) is 6.16. The van der Waals surface area contributed by atoms with Crippen LogP contribution in [0.15, 0.2) is 30.3 Å². The molecule has 0 spiro atoms. The van der Waals surface area contributed by atoms with Crippen molar-refractivity contribution >= 4 is 10.8 Å². The zero-order valence-corrected chi connectivity index (χ0v) is 7.83. The molecule has 2 rings (SSSR count). The van der Waals surface area contributed by atoms with E-state index in [1.807, 2.05) is 25.1 Å². The maximum absolute atomic E-state index is 9.49. The third-order valence-corrected chi connectivity index (χ3v) is 2.31. The van der Waals surface area contributed by atoms with Gasteiger partial charge in [0, 0.05) is 0 Å². The van der Waals surface area contributed by atoms with Crippen LogP contribution < -0.4 is 0 Å². The molecule has 0 aliphatic rings. The first-order valence-electron chi connectivity index (χ1n) is 4.37. The monoisotopic (exact) mass is 172 g/mol. The molecule has 0 saturated carbocycles. The summed E-state index contributed by atoms with van der Waals surface area (Å²) in [5, 5.41) is 11.8. The van der Waals surface area contributed by atoms with Crippen LogP contribution in [0.2, 0.25) is 0 Å². The molecule has 0 aliphatic carbocycles. The van der Waals surface area contributed by atoms with Gasteiger partial charge in [-0.25, -0.2) is 0 Å². The lowest BCUT2D eigenvalue weighted by Crippen LogP contribution is -1.79. The van der Waals surface area contributed by atoms with Crippen LogP contribution in [0.4, 0.5) is 0 Å². The summed E-state index contributed by atoms with van der Waals surface area (Å²) in [6, 6.07) is 10.0. The fourth-order valence-electron chi connectivity index (χ4n) is 1.52. The predicted octanol–water partition coefficient (Wildman–Crippen LogP) is 3.16. The average Bonchev–Trinajstić information content (AvgIpc) is 2.08. The molecular formula is C12H12O. The van der Waals surface area contributed by atoms with Gasteiger partial charge in [-0.3, -0.25) is 0 Å². The number of aromatic hydroxyl groups is 1. The third-order valence-electron chi connectivity index (χ3n) is 2.31. The fourth-order valence-corrected chi connectivity index (χ4v) is 1.52. The van der Waals surface area contributed by atoms with Gasteiger partial charge in [0.1, 0.15) is 5.75 Å². The summed E-state index contributed by atoms with van der Waals surface area (Å²) in [4.78, 5) is 0. The maximum Gasteiger partial charge on any atom is 0.119 e. The second-order valence-corrected chi connectivity index (χ2v) is 3.49. The summed E-state index contributed by atoms with van der Waals surface area (Å²) in [5.74, 6) is 0.372. The molecule has 0 heterocycles. The van der Waals surface area contributed by atoms with Gasteiger partial charge in [0.2, 0.25) is 0 Å². The molecule has 1 nitrogen and oxygen atoms in total. The SMILES string of the molecule is Cc1ccc2cc(O)c(C)cc2c1. The van der Waals surface area contributed by atoms with E-state index in [4.69, 9.17) is 0 Å². The number of aryl methyl sites for hydroxylation is 2. The summed E-state index contributed by atoms with van der Waals surface area (Å²) in [6.07, 6.45) is 0. The quantitative estimate of drug-likeness (QED) is 0.647. The van der Waals surface area contributed by atoms with Crippen molar-refractivity contribution in [3.8, 4) is 5.75 Å². The van der Waals surface area contributed by atoms with Crippen LogP contribution in [0.25, 0.3) is 10.8 Å². The second kappa shape index (κ2) is 2.77. The van der Waals surface area contributed by atoms with Crippen molar-refractivity contribution in [1.82, 2.24) is 0 Å². The summed E-state index contributed by atoms with van der Waals surface area (Å²) in [5.41, 5.74) is 2.18. The van der Waals surface area contributed by atoms with Crippen molar-refractivity contribution in [2.24, 2.45) is 0 Å². The summed E-state index contributed by atoms with van der Waals surface area (Å²) in [6.45, 7) is 3.98. The van der Waals surface area contributed by atoms with Crippen molar-refractivity contribution in [2.75, 3.05) is 0 Å². The third kappa shape index (κ3) is 1.37. The first kappa shape index (κ1) is 8.11. The van der Waals surface area contributed by atoms with Gasteiger partial charge < -0.3 is 5.11 Å². The van der Waals surface area contributed by atoms with Crippen molar-refractivity contribution in [1.29, 1.82) is 0 Å². The molecule has 0 aliphatic heterocycles. The Morgan fingerprint density at radius 2 is 1.69 bits per heavy atom. The molecule has 0 aromatic heterocycles. The molecule has 2 aromatic carbocycles. The molecule has 0 amide bonds. The zero-order valence-electron chi connectivity index (χ0n) is 7.83. The largest absolute Gasteiger partial charge is 0.508 e. The Kier molecular flexibility index (Phi) is 1.73. The Morgan fingerprint density at radius 1 is 0.923 bits per heavy atom. The summed E-state index contributed by atoms with van der Waals surface area (Å²) < 4.78 is 0. The Morgan fingerprint density at radius 3 is 2.46 bits per heavy atom. The van der Waals surface area contributed by atoms with Gasteiger partial charge >= 0.3 is 0 Å². The Hall–Kier alpha value is -1.50. The average molecular weight is 172 g/mol. The van der Waals surface area contributed by atoms with E-state index in [1.165, 1.54) is 10.9 Å². The highest BCUT2D eigenvalue weighted by Gasteiger charge is 1.99. The van der Waals surface area contributed by atoms with Crippen molar-refractivity contribution in [2.45, 2.75) is 13.8 Å². The van der Waals surface area contributed by atoms with E-state index in [-0.39, 0.29) is 0 Å². The number of rotatable bonds is 0. The van der Waals surface area contributed by atoms with Crippen molar-refractivity contribution in [3.05, 3.63) is 41.5 Å². The maximum atomic E-state index is 9.49. The molecule has 2 aromatic rings. The Labute approximate surface area is 77.6 Å². The van der Waals surface area contributed by atoms with E-state index in [0.717, 1.165) is 10.9 Å². The highest BCUT2D eigenvalue weighted by atomic mass is 16.3. The van der Waals surface area contributed by atoms with Gasteiger partial charge in [-0.15, -0.1) is 0 Å². The van der Waals surface area contributed by atoms with Crippen LogP contribution >= 0.6 is 0 Å². The van der Waals surface area contributed by atoms with Gasteiger partial charge in [0.15, 0.2) is 0 Å². The smallest absolute Gasteiger partial charge is 0.119 e. The Balaban J connectivity index is 2.81. The lowest BCUT2D eigenvalue weighted by Gasteiger charge is -2.03. The topological polar surface area (TPSA) is 20.2 Å². The van der Waals surface area contributed by atoms with E-state index in [0.29, 0.717) is 5.75 Å². The number of benzene rings is 2. The van der Waals surface area contributed by atoms with Gasteiger partial charge in [0.25, 0.3) is 0 Å². The van der Waals surface area contributed by atoms with Gasteiger partial charge in [-0.1, -0.05) is 23.8 Å². The lowest BCUT2D eigenvalue weighted by atomic mass is 10.0. The molecule has 0 fully saturated rings. The minimum absolute atomic E-state index is 0.372. The van der Waals surface area contributed by atoms with E-state index in [9.17, 15) is 5.11 Å². The van der Waals surface area contributed by atoms with Gasteiger partial charge in [-0.2, -0.15) is 0 Å². The van der Waals surface area contributed by atoms with Crippen LogP contribution in [0.5, 0.6) is 5.75 Å². The normalized spacial score (nSPS) is 10.6. The van der Waals surface area contributed by atoms with Crippen LogP contribution in [0.3, 0.4) is 0 Å². The fraction of sp³-hybridized carbons (Fsp3) is 0.167. The number of phenols is 1. The van der Waals surface area contributed by atoms with Crippen LogP contribution in [0, 0.1) is 13.8 Å². The minimum atomic E-state index is 0.372. The molecule has 66 valence electrons. The summed E-state index contributed by atoms with van der Waals surface area (Å²) >= 11 is 0. The van der Waals surface area contributed by atoms with Gasteiger partial charge in [0.05, 0.1) is 0 Å². The molecule has 0 unspecified atom stereocenters. The second-order valence-electron chi connectivity index (χ2n) is 3.49. The molecular weight excluding hydrogens is 160 g/mol. The zero-order chi connectivity index (χ0) is 9.42. The molecule has 13 heavy (non-hydrogen) atoms. The number of hydrogen-bond acceptors (Lipinski definition) is 1. The lowest BCUT2D eigenvalue weighted by molar-refractivity contribution is 0.472. The number of hydrogen-bond donors (Lipinski definition) is 1. The van der Waals surface area contributed by atoms with Crippen molar-refractivity contribution < 1.29 is 5.11 Å². The first-order valence-corrected chi connectivity index (χ1v) is 4.37. The molecule has 0 atom stereocenters. The van der Waals surface area contributed by atoms with E-state index < -0.39 is 0 Å². The number of phenolic OH excluding ortho intramolecular Hbond substituents is 1. The van der Waals surface area contributed by atoms with E-state index >= 15 is 0 Å². The minimum Gasteiger partial charge on any atom is -0.508 e. The summed E-state index contributed by atoms with van der Waals surface area (Å²) in [7, 11) is 0. The van der Waals surface area contributed by atoms with E-state index in [2.05, 4.69) is 19.1 Å².